The van der Waals surface area contributed by atoms with Crippen molar-refractivity contribution >= 4 is 158 Å². The van der Waals surface area contributed by atoms with E-state index in [2.05, 4.69) is 0 Å². The van der Waals surface area contributed by atoms with Gasteiger partial charge in [0, 0.05) is 116 Å². The predicted molar refractivity (Wildman–Crippen MR) is 413 cm³/mol. The van der Waals surface area contributed by atoms with E-state index < -0.39 is 233 Å². The predicted octanol–water partition coefficient (Wildman–Crippen LogP) is 12.1. The maximum atomic E-state index is 17.6. The lowest BCUT2D eigenvalue weighted by Gasteiger charge is -2.78. The van der Waals surface area contributed by atoms with Gasteiger partial charge in [0.1, 0.15) is 44.8 Å². The van der Waals surface area contributed by atoms with Gasteiger partial charge in [-0.1, -0.05) is 66.8 Å². The number of epoxide rings is 4. The molecule has 7 spiro atoms. The molecule has 11 fully saturated rings. The van der Waals surface area contributed by atoms with Crippen LogP contribution in [0.25, 0.3) is 6.08 Å². The number of benzene rings is 1. The summed E-state index contributed by atoms with van der Waals surface area (Å²) in [4.78, 5) is 139. The Kier molecular flexibility index (Phi) is 8.73. The average molecular weight is 1730 g/mol. The molecule has 31 aliphatic carbocycles. The van der Waals surface area contributed by atoms with Gasteiger partial charge in [-0.15, -0.1) is 0 Å². The lowest BCUT2D eigenvalue weighted by Crippen LogP contribution is -2.79. The summed E-state index contributed by atoms with van der Waals surface area (Å²) in [5.74, 6) is -21.7. The first kappa shape index (κ1) is 62.7. The Balaban J connectivity index is 0.814. The van der Waals surface area contributed by atoms with E-state index in [4.69, 9.17) is 123 Å². The van der Waals surface area contributed by atoms with E-state index in [1.807, 2.05) is 54.7 Å². The largest absolute Gasteiger partial charge is 0.383 e. The molecule has 568 valence electrons. The first-order valence-corrected chi connectivity index (χ1v) is 44.1. The average Bonchev–Trinajstić information content (AvgIpc) is 1.35. The number of hydrogen-bond acceptors (Lipinski definition) is 15. The van der Waals surface area contributed by atoms with Crippen LogP contribution in [-0.4, -0.2) is 108 Å². The highest BCUT2D eigenvalue weighted by atomic mass is 35.5. The zero-order valence-corrected chi connectivity index (χ0v) is 66.3. The van der Waals surface area contributed by atoms with Crippen molar-refractivity contribution in [3.05, 3.63) is 290 Å². The Morgan fingerprint density at radius 2 is 1.25 bits per heavy atom. The van der Waals surface area contributed by atoms with Crippen molar-refractivity contribution < 1.29 is 72.3 Å². The molecule has 0 radical (unpaired) electrons. The fourth-order valence-corrected chi connectivity index (χ4v) is 39.7. The normalized spacial score (nSPS) is 52.1. The summed E-state index contributed by atoms with van der Waals surface area (Å²) in [5.41, 5.74) is 6.16. The number of fused-ring (bicyclic) bond motifs is 1. The highest BCUT2D eigenvalue weighted by molar-refractivity contribution is 6.70. The molecule has 36 rings (SSSR count). The number of carbonyl (C=O) groups excluding carboxylic acids is 9. The number of rotatable bonds is 9. The fourth-order valence-electron chi connectivity index (χ4n) is 37.8. The van der Waals surface area contributed by atoms with Crippen molar-refractivity contribution in [2.24, 2.45) is 112 Å². The monoisotopic (exact) mass is 1720 g/mol. The van der Waals surface area contributed by atoms with Crippen LogP contribution in [0.2, 0.25) is 0 Å². The molecule has 4 heterocycles. The quantitative estimate of drug-likeness (QED) is 0.133. The number of allylic oxidation sites excluding steroid dienone is 19. The Bertz CT molecular complexity index is 7470. The Hall–Kier alpha value is -7.36. The molecule has 7 saturated carbocycles. The molecule has 1 aromatic rings. The third-order valence-corrected chi connectivity index (χ3v) is 40.8. The summed E-state index contributed by atoms with van der Waals surface area (Å²) in [6.07, 6.45) is 22.5. The van der Waals surface area contributed by atoms with Gasteiger partial charge in [-0.25, -0.2) is 0 Å². The molecule has 118 heavy (non-hydrogen) atoms. The van der Waals surface area contributed by atoms with E-state index in [1.165, 1.54) is 0 Å². The number of carbonyl (C=O) groups is 9. The third-order valence-electron chi connectivity index (χ3n) is 38.8. The molecule has 15 nitrogen and oxygen atoms in total. The van der Waals surface area contributed by atoms with Gasteiger partial charge in [-0.2, -0.15) is 0 Å². The zero-order valence-electron chi connectivity index (χ0n) is 59.5. The second-order valence-corrected chi connectivity index (χ2v) is 43.3. The number of hydrogen-bond donors (Lipinski definition) is 2. The van der Waals surface area contributed by atoms with Crippen LogP contribution in [0.15, 0.2) is 262 Å². The first-order valence-electron chi connectivity index (χ1n) is 40.7. The van der Waals surface area contributed by atoms with Crippen LogP contribution < -0.4 is 0 Å². The minimum atomic E-state index is -2.26. The maximum Gasteiger partial charge on any atom is 0.252 e. The van der Waals surface area contributed by atoms with Crippen molar-refractivity contribution in [1.82, 2.24) is 0 Å². The molecule has 1 aromatic carbocycles. The minimum absolute atomic E-state index is 0.0620. The maximum absolute atomic E-state index is 17.6. The molecule has 0 amide bonds. The number of ether oxygens (including phenoxy) is 4. The van der Waals surface area contributed by atoms with Crippen LogP contribution in [-0.2, 0) is 67.7 Å². The van der Waals surface area contributed by atoms with Gasteiger partial charge in [0.15, 0.2) is 11.2 Å². The summed E-state index contributed by atoms with van der Waals surface area (Å²) in [7, 11) is 0. The van der Waals surface area contributed by atoms with Crippen molar-refractivity contribution in [1.29, 1.82) is 0 Å². The van der Waals surface area contributed by atoms with Crippen molar-refractivity contribution in [3.8, 4) is 0 Å². The van der Waals surface area contributed by atoms with Crippen LogP contribution in [0, 0.1) is 112 Å². The lowest BCUT2D eigenvalue weighted by atomic mass is 9.23. The Morgan fingerprint density at radius 1 is 0.483 bits per heavy atom. The first-order chi connectivity index (χ1) is 56.7. The second kappa shape index (κ2) is 16.4. The van der Waals surface area contributed by atoms with Gasteiger partial charge in [-0.3, -0.25) is 43.2 Å². The van der Waals surface area contributed by atoms with Gasteiger partial charge in [0.25, 0.3) is 10.5 Å². The van der Waals surface area contributed by atoms with Crippen LogP contribution >= 0.6 is 104 Å². The van der Waals surface area contributed by atoms with Crippen molar-refractivity contribution in [3.63, 3.8) is 0 Å². The number of halogens is 9. The smallest absolute Gasteiger partial charge is 0.252 e. The highest BCUT2D eigenvalue weighted by Gasteiger charge is 3.05. The molecule has 4 aliphatic heterocycles. The topological polar surface area (TPSA) is 244 Å². The molecule has 32 unspecified atom stereocenters. The van der Waals surface area contributed by atoms with Crippen LogP contribution in [0.4, 0.5) is 0 Å². The molecule has 0 aromatic heterocycles. The molecular formula is C94H39Cl9O15. The molecule has 4 saturated heterocycles. The van der Waals surface area contributed by atoms with Gasteiger partial charge < -0.3 is 29.2 Å². The van der Waals surface area contributed by atoms with E-state index in [0.717, 1.165) is 66.8 Å². The molecule has 35 aliphatic rings. The minimum Gasteiger partial charge on any atom is -0.383 e. The summed E-state index contributed by atoms with van der Waals surface area (Å²) in [5, 5.41) is 27.5. The van der Waals surface area contributed by atoms with E-state index in [-0.39, 0.29) is 39.9 Å². The van der Waals surface area contributed by atoms with Gasteiger partial charge in [-0.05, 0) is 319 Å². The zero-order chi connectivity index (χ0) is 78.1. The van der Waals surface area contributed by atoms with E-state index in [1.54, 1.807) is 24.3 Å². The van der Waals surface area contributed by atoms with E-state index in [0.29, 0.717) is 117 Å². The highest BCUT2D eigenvalue weighted by Crippen LogP contribution is 3.01. The Morgan fingerprint density at radius 3 is 2.01 bits per heavy atom. The second-order valence-electron chi connectivity index (χ2n) is 40.0. The summed E-state index contributed by atoms with van der Waals surface area (Å²) in [6.45, 7) is 0. The van der Waals surface area contributed by atoms with Crippen LogP contribution in [0.5, 0.6) is 0 Å². The lowest BCUT2D eigenvalue weighted by molar-refractivity contribution is -0.123. The SMILES string of the molecule is O=C(Cl)C1=Cc2cc3c4c5c2C2C1CC16OC17C1=C8C(=CC=C9C(C(=O)Cl)C%10=CC%11=C(C(=O)Cl)C=C%12C(C(=O)Cl)C%13=CC(C(=O)Cl)C%14=CC%15=C(C(=O)Cl)C%16=CC%17=CC=C%18C%19=C%20C(=CC%18C(=O)Cl)C(=CC3C(=O)Cl)C4C3=C%20C4=C%18C%20C%21=C%22C%23=C%24C%25=C%26C(=C%14C%13C%25C%12%13OC%11%13C%24=C%10C(O)(C98)C%23C1C%21C1(OC51C3%20)C27)C%15C(C%18C%26%22O)C%16C41OC%17%191)C6C(=O)Cl. The summed E-state index contributed by atoms with van der Waals surface area (Å²) < 4.78 is 34.0. The van der Waals surface area contributed by atoms with Crippen LogP contribution in [0.1, 0.15) is 52.0 Å². The van der Waals surface area contributed by atoms with E-state index >= 15 is 48.6 Å². The molecule has 2 N–H and O–H groups in total. The number of aliphatic hydroxyl groups is 2. The molecule has 32 atom stereocenters. The van der Waals surface area contributed by atoms with E-state index in [9.17, 15) is 4.79 Å². The summed E-state index contributed by atoms with van der Waals surface area (Å²) in [6, 6.07) is 2.03. The molecule has 24 heteroatoms. The van der Waals surface area contributed by atoms with Crippen molar-refractivity contribution in [2.45, 2.75) is 80.2 Å². The molecule has 0 bridgehead atoms. The van der Waals surface area contributed by atoms with Crippen LogP contribution in [0.3, 0.4) is 0 Å². The third kappa shape index (κ3) is 4.70. The van der Waals surface area contributed by atoms with Gasteiger partial charge >= 0.3 is 0 Å². The standard InChI is InChI=1S/C94H39Cl9O15/c95-76(104)24-6-15-5-20-26(78(97)106)8-21-22-9-25(77(96)105)17-2-1-16-7-31-38(82(101)110)29-10-23-27(79(98)107)11-30-39(83(102)111)35-12-28(80(99)108)34-13-32-37(81(100)109)18-3-4-19-47-59(18)86(113)62(32)74-52-54-66-56-51-55-65-53(42(29)48-41(23)45(30)69(90(35)89(34,74)117-90)57(52)64(48)87(65,66)114)61(31)91-72(55)50(44(22)60(17)88(16,91)116-91)49-40(21)43(20)68-36(15)46-33(24)14-85(63(19)84(103)112)93(115-85)70(47)58(67(54)86)73(56)94(75(46)93)92(68,118-94)71(49)51/h1-13,25-27,33,37,39-40,42,45-46,51,53,58-59,61,63,65,67,69,71,73,75,113-114H,14H2. The van der Waals surface area contributed by atoms with Crippen molar-refractivity contribution in [2.75, 3.05) is 0 Å². The Labute approximate surface area is 707 Å². The fraction of sp³-hybridized carbons (Fsp3) is 0.351. The van der Waals surface area contributed by atoms with Gasteiger partial charge in [0.2, 0.25) is 36.7 Å². The molecular weight excluding hydrogens is 1690 g/mol. The van der Waals surface area contributed by atoms with Gasteiger partial charge in [0.05, 0.1) is 35.5 Å². The summed E-state index contributed by atoms with van der Waals surface area (Å²) >= 11 is 65.6.